The Labute approximate surface area is 118 Å². The van der Waals surface area contributed by atoms with Crippen LogP contribution in [0.25, 0.3) is 0 Å². The molecule has 1 aromatic carbocycles. The van der Waals surface area contributed by atoms with Gasteiger partial charge < -0.3 is 14.2 Å². The average Bonchev–Trinajstić information content (AvgIpc) is 2.94. The topological polar surface area (TPSA) is 82.8 Å². The molecule has 6 heteroatoms. The van der Waals surface area contributed by atoms with Crippen molar-refractivity contribution < 1.29 is 19.0 Å². The van der Waals surface area contributed by atoms with E-state index in [0.29, 0.717) is 19.6 Å². The Morgan fingerprint density at radius 1 is 1.40 bits per heavy atom. The molecule has 1 heterocycles. The molecule has 1 aromatic rings. The summed E-state index contributed by atoms with van der Waals surface area (Å²) in [5.41, 5.74) is 2.10. The Morgan fingerprint density at radius 2 is 2.15 bits per heavy atom. The smallest absolute Gasteiger partial charge is 0.263 e. The third-order valence-electron chi connectivity index (χ3n) is 3.09. The summed E-state index contributed by atoms with van der Waals surface area (Å²) in [6.07, 6.45) is 0.885. The number of carbonyl (C=O) groups is 1. The van der Waals surface area contributed by atoms with Gasteiger partial charge in [-0.05, 0) is 31.9 Å². The molecule has 1 aliphatic rings. The predicted molar refractivity (Wildman–Crippen MR) is 73.3 cm³/mol. The first-order valence-electron chi connectivity index (χ1n) is 6.74. The molecule has 6 nitrogen and oxygen atoms in total. The van der Waals surface area contributed by atoms with E-state index in [2.05, 4.69) is 5.43 Å². The normalized spacial score (nSPS) is 21.5. The van der Waals surface area contributed by atoms with Gasteiger partial charge in [0.05, 0.1) is 12.7 Å². The summed E-state index contributed by atoms with van der Waals surface area (Å²) >= 11 is 0. The summed E-state index contributed by atoms with van der Waals surface area (Å²) in [4.78, 5) is 11.3. The molecule has 3 N–H and O–H groups in total. The summed E-state index contributed by atoms with van der Waals surface area (Å²) < 4.78 is 16.6. The van der Waals surface area contributed by atoms with Crippen LogP contribution in [-0.2, 0) is 9.53 Å². The minimum atomic E-state index is -0.469. The Balaban J connectivity index is 1.81. The van der Waals surface area contributed by atoms with Gasteiger partial charge in [0.25, 0.3) is 5.91 Å². The first-order chi connectivity index (χ1) is 9.72. The Bertz CT molecular complexity index is 453. The molecule has 1 amide bonds. The van der Waals surface area contributed by atoms with Crippen molar-refractivity contribution in [1.29, 1.82) is 0 Å². The first-order valence-corrected chi connectivity index (χ1v) is 6.74. The fourth-order valence-electron chi connectivity index (χ4n) is 2.12. The lowest BCUT2D eigenvalue weighted by Gasteiger charge is -2.14. The Kier molecular flexibility index (Phi) is 5.20. The summed E-state index contributed by atoms with van der Waals surface area (Å²) in [7, 11) is 0. The van der Waals surface area contributed by atoms with Crippen molar-refractivity contribution in [3.63, 3.8) is 0 Å². The van der Waals surface area contributed by atoms with Gasteiger partial charge in [0, 0.05) is 6.07 Å². The van der Waals surface area contributed by atoms with E-state index in [1.165, 1.54) is 0 Å². The van der Waals surface area contributed by atoms with E-state index in [9.17, 15) is 4.79 Å². The van der Waals surface area contributed by atoms with Crippen LogP contribution in [0.5, 0.6) is 11.5 Å². The number of hydrazine groups is 1. The minimum Gasteiger partial charge on any atom is -0.494 e. The third kappa shape index (κ3) is 3.85. The van der Waals surface area contributed by atoms with Crippen LogP contribution in [0.15, 0.2) is 24.3 Å². The van der Waals surface area contributed by atoms with Crippen molar-refractivity contribution in [1.82, 2.24) is 5.43 Å². The fourth-order valence-corrected chi connectivity index (χ4v) is 2.12. The lowest BCUT2D eigenvalue weighted by atomic mass is 10.2. The Morgan fingerprint density at radius 3 is 2.85 bits per heavy atom. The van der Waals surface area contributed by atoms with Gasteiger partial charge >= 0.3 is 0 Å². The fraction of sp³-hybridized carbons (Fsp3) is 0.500. The molecule has 2 atom stereocenters. The molecular formula is C14H20N2O4. The first kappa shape index (κ1) is 14.6. The molecule has 2 rings (SSSR count). The number of rotatable bonds is 6. The van der Waals surface area contributed by atoms with E-state index >= 15 is 0 Å². The number of nitrogens with two attached hydrogens (primary N) is 1. The average molecular weight is 280 g/mol. The van der Waals surface area contributed by atoms with E-state index in [4.69, 9.17) is 20.1 Å². The van der Waals surface area contributed by atoms with Crippen LogP contribution in [0.1, 0.15) is 19.8 Å². The van der Waals surface area contributed by atoms with Crippen LogP contribution < -0.4 is 20.7 Å². The van der Waals surface area contributed by atoms with Crippen molar-refractivity contribution in [2.45, 2.75) is 32.0 Å². The van der Waals surface area contributed by atoms with Crippen molar-refractivity contribution >= 4 is 5.91 Å². The molecule has 2 unspecified atom stereocenters. The second-order valence-corrected chi connectivity index (χ2v) is 4.55. The maximum absolute atomic E-state index is 11.3. The van der Waals surface area contributed by atoms with E-state index in [0.717, 1.165) is 17.9 Å². The molecule has 1 fully saturated rings. The number of hydrogen-bond donors (Lipinski definition) is 2. The van der Waals surface area contributed by atoms with Crippen molar-refractivity contribution in [2.24, 2.45) is 5.84 Å². The monoisotopic (exact) mass is 280 g/mol. The van der Waals surface area contributed by atoms with Gasteiger partial charge in [0.2, 0.25) is 0 Å². The maximum Gasteiger partial charge on any atom is 0.263 e. The van der Waals surface area contributed by atoms with Gasteiger partial charge in [-0.2, -0.15) is 0 Å². The van der Waals surface area contributed by atoms with Gasteiger partial charge in [-0.15, -0.1) is 0 Å². The maximum atomic E-state index is 11.3. The van der Waals surface area contributed by atoms with Crippen LogP contribution in [0.3, 0.4) is 0 Å². The zero-order valence-electron chi connectivity index (χ0n) is 11.5. The second kappa shape index (κ2) is 7.12. The Hall–Kier alpha value is -1.79. The predicted octanol–water partition coefficient (Wildman–Crippen LogP) is 1.00. The molecule has 0 radical (unpaired) electrons. The number of amides is 1. The molecule has 1 aliphatic heterocycles. The lowest BCUT2D eigenvalue weighted by Crippen LogP contribution is -2.39. The highest BCUT2D eigenvalue weighted by atomic mass is 16.5. The minimum absolute atomic E-state index is 0.0898. The zero-order chi connectivity index (χ0) is 14.4. The van der Waals surface area contributed by atoms with E-state index in [-0.39, 0.29) is 12.0 Å². The van der Waals surface area contributed by atoms with Crippen molar-refractivity contribution in [3.8, 4) is 11.5 Å². The second-order valence-electron chi connectivity index (χ2n) is 4.55. The molecule has 1 saturated heterocycles. The highest BCUT2D eigenvalue weighted by Gasteiger charge is 2.30. The number of benzene rings is 1. The molecule has 0 bridgehead atoms. The number of nitrogens with one attached hydrogen (secondary N) is 1. The molecule has 110 valence electrons. The number of hydrogen-bond acceptors (Lipinski definition) is 5. The molecule has 0 aromatic heterocycles. The van der Waals surface area contributed by atoms with Crippen molar-refractivity contribution in [3.05, 3.63) is 24.3 Å². The molecule has 0 aliphatic carbocycles. The van der Waals surface area contributed by atoms with Crippen LogP contribution >= 0.6 is 0 Å². The van der Waals surface area contributed by atoms with E-state index < -0.39 is 6.10 Å². The van der Waals surface area contributed by atoms with Crippen LogP contribution in [0, 0.1) is 0 Å². The van der Waals surface area contributed by atoms with Crippen LogP contribution in [-0.4, -0.2) is 31.3 Å². The largest absolute Gasteiger partial charge is 0.494 e. The number of ether oxygens (including phenoxy) is 3. The third-order valence-corrected chi connectivity index (χ3v) is 3.09. The van der Waals surface area contributed by atoms with E-state index in [1.54, 1.807) is 0 Å². The number of carbonyl (C=O) groups excluding carboxylic acids is 1. The van der Waals surface area contributed by atoms with Gasteiger partial charge in [-0.3, -0.25) is 10.2 Å². The van der Waals surface area contributed by atoms with Gasteiger partial charge in [-0.25, -0.2) is 5.84 Å². The SMILES string of the molecule is CCOc1cccc(OCC2CCC(C(=O)NN)O2)c1. The van der Waals surface area contributed by atoms with Crippen molar-refractivity contribution in [2.75, 3.05) is 13.2 Å². The summed E-state index contributed by atoms with van der Waals surface area (Å²) in [6.45, 7) is 2.96. The summed E-state index contributed by atoms with van der Waals surface area (Å²) in [6, 6.07) is 7.45. The van der Waals surface area contributed by atoms with Gasteiger partial charge in [-0.1, -0.05) is 6.07 Å². The molecule has 0 spiro atoms. The van der Waals surface area contributed by atoms with E-state index in [1.807, 2.05) is 31.2 Å². The zero-order valence-corrected chi connectivity index (χ0v) is 11.5. The van der Waals surface area contributed by atoms with Gasteiger partial charge in [0.15, 0.2) is 0 Å². The highest BCUT2D eigenvalue weighted by molar-refractivity contribution is 5.80. The molecule has 20 heavy (non-hydrogen) atoms. The van der Waals surface area contributed by atoms with Crippen LogP contribution in [0.2, 0.25) is 0 Å². The summed E-state index contributed by atoms with van der Waals surface area (Å²) in [5.74, 6) is 6.30. The highest BCUT2D eigenvalue weighted by Crippen LogP contribution is 2.23. The molecular weight excluding hydrogens is 260 g/mol. The summed E-state index contributed by atoms with van der Waals surface area (Å²) in [5, 5.41) is 0. The standard InChI is InChI=1S/C14H20N2O4/c1-2-18-10-4-3-5-11(8-10)19-9-12-6-7-13(20-12)14(17)16-15/h3-5,8,12-13H,2,6-7,9,15H2,1H3,(H,16,17). The van der Waals surface area contributed by atoms with Crippen LogP contribution in [0.4, 0.5) is 0 Å². The lowest BCUT2D eigenvalue weighted by molar-refractivity contribution is -0.132. The quantitative estimate of drug-likeness (QED) is 0.461. The molecule has 0 saturated carbocycles. The van der Waals surface area contributed by atoms with Gasteiger partial charge in [0.1, 0.15) is 24.2 Å².